The number of imidazole rings is 1. The number of nitrogens with one attached hydrogen (secondary N) is 4. The van der Waals surface area contributed by atoms with Crippen LogP contribution in [-0.2, 0) is 21.4 Å². The summed E-state index contributed by atoms with van der Waals surface area (Å²) in [4.78, 5) is 32.3. The molecular weight excluding hydrogens is 588 g/mol. The molecule has 0 spiro atoms. The van der Waals surface area contributed by atoms with Gasteiger partial charge in [-0.2, -0.15) is 9.82 Å². The number of amides is 1. The van der Waals surface area contributed by atoms with Crippen molar-refractivity contribution in [2.45, 2.75) is 51.1 Å². The van der Waals surface area contributed by atoms with E-state index in [0.717, 1.165) is 12.0 Å². The van der Waals surface area contributed by atoms with Crippen molar-refractivity contribution in [3.8, 4) is 5.75 Å². The van der Waals surface area contributed by atoms with Crippen LogP contribution in [0.15, 0.2) is 47.8 Å². The fourth-order valence-corrected chi connectivity index (χ4v) is 6.62. The van der Waals surface area contributed by atoms with Crippen molar-refractivity contribution < 1.29 is 27.9 Å². The van der Waals surface area contributed by atoms with Crippen molar-refractivity contribution in [1.29, 1.82) is 0 Å². The first-order valence-electron chi connectivity index (χ1n) is 14.2. The first kappa shape index (κ1) is 32.4. The second-order valence-corrected chi connectivity index (χ2v) is 12.1. The standard InChI is InChI=1S/C29H38N8O6S/c1-18-12-19(2)26(20(3)13-18)44(41,42)36-23(28(39)40)17-34-27(38)21-14-22-16-35-37(10-5-7-31-29-32-8-9-33-29)25(22)24(15-21)43-11-4-6-30/h8-9,12-16,23,36H,4-7,10-11,17,30H2,1-3H3,(H,34,38)(H,39,40)(H2,31,32,33)/t23-/m0/s1. The molecule has 0 aliphatic heterocycles. The maximum absolute atomic E-state index is 13.2. The summed E-state index contributed by atoms with van der Waals surface area (Å²) in [5, 5.41) is 20.6. The predicted octanol–water partition coefficient (Wildman–Crippen LogP) is 2.08. The van der Waals surface area contributed by atoms with Crippen molar-refractivity contribution in [1.82, 2.24) is 29.8 Å². The van der Waals surface area contributed by atoms with Gasteiger partial charge in [-0.1, -0.05) is 17.7 Å². The lowest BCUT2D eigenvalue weighted by Crippen LogP contribution is -2.48. The van der Waals surface area contributed by atoms with Crippen molar-refractivity contribution in [3.63, 3.8) is 0 Å². The summed E-state index contributed by atoms with van der Waals surface area (Å²) in [6.45, 7) is 6.62. The van der Waals surface area contributed by atoms with Crippen LogP contribution in [0, 0.1) is 20.8 Å². The number of carboxylic acid groups (broad SMARTS) is 1. The lowest BCUT2D eigenvalue weighted by Gasteiger charge is -2.18. The average molecular weight is 627 g/mol. The number of rotatable bonds is 16. The van der Waals surface area contributed by atoms with E-state index in [1.165, 1.54) is 0 Å². The number of aliphatic carboxylic acids is 1. The summed E-state index contributed by atoms with van der Waals surface area (Å²) >= 11 is 0. The monoisotopic (exact) mass is 626 g/mol. The van der Waals surface area contributed by atoms with Gasteiger partial charge < -0.3 is 31.2 Å². The van der Waals surface area contributed by atoms with Gasteiger partial charge in [0, 0.05) is 43.0 Å². The summed E-state index contributed by atoms with van der Waals surface area (Å²) in [5.74, 6) is -0.923. The number of carboxylic acids is 1. The molecule has 7 N–H and O–H groups in total. The smallest absolute Gasteiger partial charge is 0.323 e. The van der Waals surface area contributed by atoms with Crippen molar-refractivity contribution in [2.24, 2.45) is 5.73 Å². The summed E-state index contributed by atoms with van der Waals surface area (Å²) in [7, 11) is -4.20. The fraction of sp³-hybridized carbons (Fsp3) is 0.379. The maximum atomic E-state index is 13.2. The molecule has 0 radical (unpaired) electrons. The van der Waals surface area contributed by atoms with E-state index in [1.54, 1.807) is 61.4 Å². The minimum atomic E-state index is -4.20. The highest BCUT2D eigenvalue weighted by molar-refractivity contribution is 7.89. The average Bonchev–Trinajstić information content (AvgIpc) is 3.62. The van der Waals surface area contributed by atoms with E-state index in [1.807, 2.05) is 6.92 Å². The Hall–Kier alpha value is -4.47. The zero-order valence-corrected chi connectivity index (χ0v) is 25.7. The Kier molecular flexibility index (Phi) is 10.6. The SMILES string of the molecule is Cc1cc(C)c(S(=O)(=O)N[C@@H](CNC(=O)c2cc(OCCCN)c3c(cnn3CCCNc3ncc[nH]3)c2)C(=O)O)c(C)c1. The maximum Gasteiger partial charge on any atom is 0.323 e. The van der Waals surface area contributed by atoms with E-state index < -0.39 is 34.5 Å². The third-order valence-corrected chi connectivity index (χ3v) is 8.62. The summed E-state index contributed by atoms with van der Waals surface area (Å²) in [5.41, 5.74) is 8.42. The largest absolute Gasteiger partial charge is 0.491 e. The number of benzene rings is 2. The number of aryl methyl sites for hydroxylation is 4. The van der Waals surface area contributed by atoms with Crippen LogP contribution >= 0.6 is 0 Å². The molecule has 2 aromatic carbocycles. The van der Waals surface area contributed by atoms with Gasteiger partial charge in [-0.3, -0.25) is 14.3 Å². The summed E-state index contributed by atoms with van der Waals surface area (Å²) < 4.78 is 36.3. The Bertz CT molecular complexity index is 1700. The van der Waals surface area contributed by atoms with Crippen LogP contribution in [0.5, 0.6) is 5.75 Å². The van der Waals surface area contributed by atoms with Gasteiger partial charge in [-0.15, -0.1) is 0 Å². The van der Waals surface area contributed by atoms with Crippen molar-refractivity contribution >= 4 is 38.8 Å². The molecule has 2 aromatic heterocycles. The number of anilines is 1. The third kappa shape index (κ3) is 7.92. The van der Waals surface area contributed by atoms with E-state index >= 15 is 0 Å². The quantitative estimate of drug-likeness (QED) is 0.0998. The highest BCUT2D eigenvalue weighted by Gasteiger charge is 2.28. The van der Waals surface area contributed by atoms with E-state index in [4.69, 9.17) is 10.5 Å². The van der Waals surface area contributed by atoms with Crippen molar-refractivity contribution in [2.75, 3.05) is 31.6 Å². The molecule has 0 aliphatic carbocycles. The summed E-state index contributed by atoms with van der Waals surface area (Å²) in [6, 6.07) is 5.01. The van der Waals surface area contributed by atoms with Crippen LogP contribution in [0.1, 0.15) is 39.9 Å². The Morgan fingerprint density at radius 2 is 1.89 bits per heavy atom. The van der Waals surface area contributed by atoms with Crippen LogP contribution in [0.2, 0.25) is 0 Å². The molecule has 4 aromatic rings. The van der Waals surface area contributed by atoms with Crippen LogP contribution in [0.3, 0.4) is 0 Å². The number of carbonyl (C=O) groups is 2. The number of H-pyrrole nitrogens is 1. The number of nitrogens with zero attached hydrogens (tertiary/aromatic N) is 3. The normalized spacial score (nSPS) is 12.3. The number of hydrogen-bond donors (Lipinski definition) is 6. The Morgan fingerprint density at radius 3 is 2.55 bits per heavy atom. The summed E-state index contributed by atoms with van der Waals surface area (Å²) in [6.07, 6.45) is 6.35. The molecule has 4 rings (SSSR count). The number of nitrogens with two attached hydrogens (primary N) is 1. The molecule has 0 unspecified atom stereocenters. The zero-order valence-electron chi connectivity index (χ0n) is 24.9. The van der Waals surface area contributed by atoms with Gasteiger partial charge in [0.1, 0.15) is 17.3 Å². The lowest BCUT2D eigenvalue weighted by atomic mass is 10.1. The fourth-order valence-electron chi connectivity index (χ4n) is 4.98. The third-order valence-electron chi connectivity index (χ3n) is 6.84. The van der Waals surface area contributed by atoms with Crippen LogP contribution in [0.25, 0.3) is 10.9 Å². The molecule has 1 atom stereocenters. The molecule has 0 bridgehead atoms. The number of carbonyl (C=O) groups excluding carboxylic acids is 1. The number of aromatic nitrogens is 4. The molecule has 1 amide bonds. The van der Waals surface area contributed by atoms with Gasteiger partial charge in [0.05, 0.1) is 17.7 Å². The molecule has 0 fully saturated rings. The van der Waals surface area contributed by atoms with E-state index in [9.17, 15) is 23.1 Å². The Balaban J connectivity index is 1.49. The van der Waals surface area contributed by atoms with E-state index in [2.05, 4.69) is 30.4 Å². The molecule has 15 heteroatoms. The lowest BCUT2D eigenvalue weighted by molar-refractivity contribution is -0.138. The highest BCUT2D eigenvalue weighted by Crippen LogP contribution is 2.28. The minimum absolute atomic E-state index is 0.0131. The number of ether oxygens (including phenoxy) is 1. The first-order valence-corrected chi connectivity index (χ1v) is 15.7. The Labute approximate surface area is 255 Å². The van der Waals surface area contributed by atoms with Gasteiger partial charge >= 0.3 is 5.97 Å². The molecule has 0 saturated carbocycles. The van der Waals surface area contributed by atoms with Crippen LogP contribution in [-0.4, -0.2) is 77.4 Å². The van der Waals surface area contributed by atoms with Gasteiger partial charge in [0.25, 0.3) is 5.91 Å². The molecule has 44 heavy (non-hydrogen) atoms. The second-order valence-electron chi connectivity index (χ2n) is 10.4. The Morgan fingerprint density at radius 1 is 1.14 bits per heavy atom. The number of sulfonamides is 1. The molecule has 14 nitrogen and oxygen atoms in total. The minimum Gasteiger partial charge on any atom is -0.491 e. The van der Waals surface area contributed by atoms with Crippen molar-refractivity contribution in [3.05, 3.63) is 65.1 Å². The number of hydrogen-bond acceptors (Lipinski definition) is 9. The molecule has 0 saturated heterocycles. The molecule has 0 aliphatic rings. The van der Waals surface area contributed by atoms with Gasteiger partial charge in [-0.25, -0.2) is 13.4 Å². The molecule has 236 valence electrons. The predicted molar refractivity (Wildman–Crippen MR) is 165 cm³/mol. The first-order chi connectivity index (χ1) is 21.0. The molecular formula is C29H38N8O6S. The van der Waals surface area contributed by atoms with Gasteiger partial charge in [-0.05, 0) is 63.4 Å². The number of fused-ring (bicyclic) bond motifs is 1. The van der Waals surface area contributed by atoms with E-state index in [-0.39, 0.29) is 10.5 Å². The molecule has 2 heterocycles. The number of aromatic amines is 1. The van der Waals surface area contributed by atoms with Crippen LogP contribution in [0.4, 0.5) is 5.95 Å². The van der Waals surface area contributed by atoms with Gasteiger partial charge in [0.15, 0.2) is 5.95 Å². The second kappa shape index (κ2) is 14.3. The topological polar surface area (TPSA) is 206 Å². The van der Waals surface area contributed by atoms with E-state index in [0.29, 0.717) is 66.4 Å². The van der Waals surface area contributed by atoms with Crippen LogP contribution < -0.4 is 25.8 Å². The zero-order chi connectivity index (χ0) is 31.9. The van der Waals surface area contributed by atoms with Gasteiger partial charge in [0.2, 0.25) is 10.0 Å². The highest BCUT2D eigenvalue weighted by atomic mass is 32.2.